The zero-order valence-corrected chi connectivity index (χ0v) is 18.4. The zero-order chi connectivity index (χ0) is 22.7. The standard InChI is InChI=1S/C22H16N8O2S/c1-12-6-13(2)25-22-17(12)18-19(33-22)21-26-20(27-29(21)11-23-18)15-5-3-4-14(7-15)9-28-10-16(8-24-28)30(31)32/h3-8,10-11H,9H2,1-2H3. The molecule has 11 heteroatoms. The van der Waals surface area contributed by atoms with E-state index in [1.54, 1.807) is 22.2 Å². The highest BCUT2D eigenvalue weighted by Crippen LogP contribution is 2.36. The lowest BCUT2D eigenvalue weighted by Gasteiger charge is -2.03. The Morgan fingerprint density at radius 3 is 2.88 bits per heavy atom. The van der Waals surface area contributed by atoms with Crippen LogP contribution >= 0.6 is 11.3 Å². The second kappa shape index (κ2) is 7.14. The van der Waals surface area contributed by atoms with Gasteiger partial charge < -0.3 is 0 Å². The summed E-state index contributed by atoms with van der Waals surface area (Å²) in [5, 5.41) is 20.7. The van der Waals surface area contributed by atoms with Crippen LogP contribution in [-0.2, 0) is 6.54 Å². The number of thiophene rings is 1. The Bertz CT molecular complexity index is 1710. The molecular weight excluding hydrogens is 440 g/mol. The highest BCUT2D eigenvalue weighted by atomic mass is 32.1. The van der Waals surface area contributed by atoms with Crippen molar-refractivity contribution in [2.75, 3.05) is 0 Å². The summed E-state index contributed by atoms with van der Waals surface area (Å²) in [5.74, 6) is 0.580. The molecule has 0 aliphatic carbocycles. The van der Waals surface area contributed by atoms with Crippen molar-refractivity contribution in [3.8, 4) is 11.4 Å². The lowest BCUT2D eigenvalue weighted by atomic mass is 10.1. The van der Waals surface area contributed by atoms with Crippen molar-refractivity contribution in [1.82, 2.24) is 34.3 Å². The number of hydrogen-bond donors (Lipinski definition) is 0. The Hall–Kier alpha value is -4.25. The summed E-state index contributed by atoms with van der Waals surface area (Å²) in [6.45, 7) is 4.47. The monoisotopic (exact) mass is 456 g/mol. The lowest BCUT2D eigenvalue weighted by molar-refractivity contribution is -0.385. The van der Waals surface area contributed by atoms with Crippen molar-refractivity contribution < 1.29 is 4.92 Å². The fourth-order valence-corrected chi connectivity index (χ4v) is 5.24. The highest BCUT2D eigenvalue weighted by molar-refractivity contribution is 7.26. The molecule has 5 aromatic heterocycles. The van der Waals surface area contributed by atoms with E-state index in [0.29, 0.717) is 12.4 Å². The van der Waals surface area contributed by atoms with Crippen LogP contribution in [0.2, 0.25) is 0 Å². The van der Waals surface area contributed by atoms with E-state index in [2.05, 4.69) is 33.2 Å². The van der Waals surface area contributed by atoms with Crippen LogP contribution in [0.5, 0.6) is 0 Å². The first-order chi connectivity index (χ1) is 16.0. The molecule has 6 aromatic rings. The van der Waals surface area contributed by atoms with Crippen LogP contribution in [0.1, 0.15) is 16.8 Å². The summed E-state index contributed by atoms with van der Waals surface area (Å²) in [6.07, 6.45) is 4.35. The molecule has 0 saturated heterocycles. The van der Waals surface area contributed by atoms with Crippen molar-refractivity contribution in [1.29, 1.82) is 0 Å². The molecule has 0 bridgehead atoms. The molecule has 0 unspecified atom stereocenters. The van der Waals surface area contributed by atoms with Gasteiger partial charge in [-0.2, -0.15) is 5.10 Å². The normalized spacial score (nSPS) is 11.7. The average Bonchev–Trinajstić information content (AvgIpc) is 3.49. The average molecular weight is 456 g/mol. The third-order valence-electron chi connectivity index (χ3n) is 5.45. The van der Waals surface area contributed by atoms with Gasteiger partial charge in [0.05, 0.1) is 17.0 Å². The van der Waals surface area contributed by atoms with Crippen LogP contribution in [0, 0.1) is 24.0 Å². The Balaban J connectivity index is 1.42. The van der Waals surface area contributed by atoms with E-state index in [1.807, 2.05) is 31.2 Å². The van der Waals surface area contributed by atoms with Gasteiger partial charge in [0.1, 0.15) is 28.3 Å². The third-order valence-corrected chi connectivity index (χ3v) is 6.52. The Morgan fingerprint density at radius 1 is 1.18 bits per heavy atom. The first-order valence-corrected chi connectivity index (χ1v) is 11.0. The van der Waals surface area contributed by atoms with E-state index in [4.69, 9.17) is 4.98 Å². The van der Waals surface area contributed by atoms with E-state index in [9.17, 15) is 10.1 Å². The molecule has 0 atom stereocenters. The van der Waals surface area contributed by atoms with Crippen LogP contribution in [0.25, 0.3) is 37.5 Å². The van der Waals surface area contributed by atoms with Gasteiger partial charge in [-0.05, 0) is 37.1 Å². The van der Waals surface area contributed by atoms with Crippen LogP contribution in [0.4, 0.5) is 5.69 Å². The van der Waals surface area contributed by atoms with Gasteiger partial charge in [-0.3, -0.25) is 14.8 Å². The molecule has 5 heterocycles. The topological polar surface area (TPSA) is 117 Å². The maximum Gasteiger partial charge on any atom is 0.307 e. The van der Waals surface area contributed by atoms with Crippen LogP contribution < -0.4 is 0 Å². The number of aryl methyl sites for hydroxylation is 2. The number of benzene rings is 1. The summed E-state index contributed by atoms with van der Waals surface area (Å²) in [6, 6.07) is 9.82. The van der Waals surface area contributed by atoms with Gasteiger partial charge in [0.15, 0.2) is 11.5 Å². The first-order valence-electron chi connectivity index (χ1n) is 10.1. The van der Waals surface area contributed by atoms with Gasteiger partial charge in [0, 0.05) is 16.6 Å². The van der Waals surface area contributed by atoms with Gasteiger partial charge in [-0.15, -0.1) is 16.4 Å². The number of aromatic nitrogens is 7. The Labute approximate surface area is 190 Å². The number of pyridine rings is 1. The van der Waals surface area contributed by atoms with Crippen LogP contribution in [0.15, 0.2) is 49.1 Å². The van der Waals surface area contributed by atoms with E-state index in [0.717, 1.165) is 48.5 Å². The minimum absolute atomic E-state index is 0.0343. The zero-order valence-electron chi connectivity index (χ0n) is 17.6. The largest absolute Gasteiger partial charge is 0.307 e. The van der Waals surface area contributed by atoms with E-state index in [-0.39, 0.29) is 5.69 Å². The number of fused-ring (bicyclic) bond motifs is 5. The molecule has 0 radical (unpaired) electrons. The van der Waals surface area contributed by atoms with Crippen molar-refractivity contribution in [2.24, 2.45) is 0 Å². The molecule has 1 aromatic carbocycles. The number of nitro groups is 1. The van der Waals surface area contributed by atoms with Crippen molar-refractivity contribution in [2.45, 2.75) is 20.4 Å². The molecule has 6 rings (SSSR count). The molecule has 162 valence electrons. The summed E-state index contributed by atoms with van der Waals surface area (Å²) in [5.41, 5.74) is 5.49. The van der Waals surface area contributed by atoms with Gasteiger partial charge in [0.25, 0.3) is 0 Å². The van der Waals surface area contributed by atoms with Crippen molar-refractivity contribution in [3.05, 3.63) is 76.0 Å². The fourth-order valence-electron chi connectivity index (χ4n) is 4.02. The molecule has 0 aliphatic heterocycles. The first kappa shape index (κ1) is 19.4. The maximum atomic E-state index is 10.9. The molecular formula is C22H16N8O2S. The van der Waals surface area contributed by atoms with Crippen LogP contribution in [0.3, 0.4) is 0 Å². The Morgan fingerprint density at radius 2 is 2.06 bits per heavy atom. The van der Waals surface area contributed by atoms with Gasteiger partial charge in [0.2, 0.25) is 0 Å². The second-order valence-corrected chi connectivity index (χ2v) is 8.84. The molecule has 0 spiro atoms. The molecule has 0 amide bonds. The lowest BCUT2D eigenvalue weighted by Crippen LogP contribution is -2.00. The molecule has 10 nitrogen and oxygen atoms in total. The molecule has 0 aliphatic rings. The van der Waals surface area contributed by atoms with E-state index in [1.165, 1.54) is 17.1 Å². The van der Waals surface area contributed by atoms with Crippen molar-refractivity contribution >= 4 is 43.1 Å². The predicted molar refractivity (Wildman–Crippen MR) is 124 cm³/mol. The number of hydrogen-bond acceptors (Lipinski definition) is 8. The SMILES string of the molecule is Cc1cc(C)c2c(n1)sc1c2ncn2nc(-c3cccc(Cn4cc([N+](=O)[O-])cn4)c3)nc12. The van der Waals surface area contributed by atoms with E-state index < -0.39 is 4.92 Å². The predicted octanol–water partition coefficient (Wildman–Crippen LogP) is 4.32. The van der Waals surface area contributed by atoms with E-state index >= 15 is 0 Å². The van der Waals surface area contributed by atoms with Gasteiger partial charge in [-0.1, -0.05) is 18.2 Å². The number of nitrogens with zero attached hydrogens (tertiary/aromatic N) is 8. The second-order valence-electron chi connectivity index (χ2n) is 7.84. The maximum absolute atomic E-state index is 10.9. The Kier molecular flexibility index (Phi) is 4.20. The smallest absolute Gasteiger partial charge is 0.261 e. The molecule has 33 heavy (non-hydrogen) atoms. The summed E-state index contributed by atoms with van der Waals surface area (Å²) >= 11 is 1.57. The van der Waals surface area contributed by atoms with Gasteiger partial charge >= 0.3 is 5.69 Å². The molecule has 0 fully saturated rings. The third kappa shape index (κ3) is 3.21. The quantitative estimate of drug-likeness (QED) is 0.286. The minimum atomic E-state index is -0.457. The number of rotatable bonds is 4. The fraction of sp³-hybridized carbons (Fsp3) is 0.136. The highest BCUT2D eigenvalue weighted by Gasteiger charge is 2.17. The van der Waals surface area contributed by atoms with Crippen molar-refractivity contribution in [3.63, 3.8) is 0 Å². The summed E-state index contributed by atoms with van der Waals surface area (Å²) in [7, 11) is 0. The van der Waals surface area contributed by atoms with Gasteiger partial charge in [-0.25, -0.2) is 19.5 Å². The summed E-state index contributed by atoms with van der Waals surface area (Å²) < 4.78 is 4.18. The molecule has 0 N–H and O–H groups in total. The molecule has 0 saturated carbocycles. The minimum Gasteiger partial charge on any atom is -0.261 e. The summed E-state index contributed by atoms with van der Waals surface area (Å²) in [4.78, 5) is 25.5. The van der Waals surface area contributed by atoms with Crippen LogP contribution in [-0.4, -0.2) is 39.3 Å².